The van der Waals surface area contributed by atoms with Crippen molar-refractivity contribution in [3.05, 3.63) is 59.4 Å². The molecule has 0 amide bonds. The van der Waals surface area contributed by atoms with E-state index in [9.17, 15) is 4.39 Å². The van der Waals surface area contributed by atoms with Gasteiger partial charge in [-0.1, -0.05) is 24.3 Å². The van der Waals surface area contributed by atoms with Crippen molar-refractivity contribution in [3.8, 4) is 11.5 Å². The molecule has 0 heterocycles. The minimum Gasteiger partial charge on any atom is -0.490 e. The SMILES string of the molecule is CCOc1cc(CNCCCc2ccccc2F)ccc1OCCN(C)C. The first-order valence-corrected chi connectivity index (χ1v) is 9.57. The summed E-state index contributed by atoms with van der Waals surface area (Å²) in [6, 6.07) is 13.0. The van der Waals surface area contributed by atoms with Crippen LogP contribution in [0.25, 0.3) is 0 Å². The average molecular weight is 375 g/mol. The molecule has 1 N–H and O–H groups in total. The Bertz CT molecular complexity index is 692. The Morgan fingerprint density at radius 1 is 1.04 bits per heavy atom. The standard InChI is InChI=1S/C22H31FN2O2/c1-4-26-22-16-18(11-12-21(22)27-15-14-25(2)3)17-24-13-7-9-19-8-5-6-10-20(19)23/h5-6,8,10-12,16,24H,4,7,9,13-15,17H2,1-3H3. The lowest BCUT2D eigenvalue weighted by molar-refractivity contribution is 0.244. The topological polar surface area (TPSA) is 33.7 Å². The van der Waals surface area contributed by atoms with E-state index in [4.69, 9.17) is 9.47 Å². The Morgan fingerprint density at radius 3 is 2.59 bits per heavy atom. The zero-order chi connectivity index (χ0) is 19.5. The van der Waals surface area contributed by atoms with E-state index in [1.54, 1.807) is 6.07 Å². The molecule has 0 saturated carbocycles. The van der Waals surface area contributed by atoms with Crippen LogP contribution in [0.5, 0.6) is 11.5 Å². The van der Waals surface area contributed by atoms with Crippen molar-refractivity contribution < 1.29 is 13.9 Å². The normalized spacial score (nSPS) is 11.0. The minimum absolute atomic E-state index is 0.122. The van der Waals surface area contributed by atoms with Crippen LogP contribution in [0.1, 0.15) is 24.5 Å². The first-order chi connectivity index (χ1) is 13.1. The third-order valence-electron chi connectivity index (χ3n) is 4.19. The molecular weight excluding hydrogens is 343 g/mol. The molecule has 148 valence electrons. The van der Waals surface area contributed by atoms with Crippen LogP contribution in [0.3, 0.4) is 0 Å². The van der Waals surface area contributed by atoms with Gasteiger partial charge in [0.05, 0.1) is 6.61 Å². The first-order valence-electron chi connectivity index (χ1n) is 9.57. The Kier molecular flexibility index (Phi) is 9.08. The van der Waals surface area contributed by atoms with Gasteiger partial charge in [-0.15, -0.1) is 0 Å². The van der Waals surface area contributed by atoms with E-state index in [-0.39, 0.29) is 5.82 Å². The lowest BCUT2D eigenvalue weighted by Crippen LogP contribution is -2.19. The zero-order valence-electron chi connectivity index (χ0n) is 16.6. The van der Waals surface area contributed by atoms with E-state index in [1.807, 2.05) is 45.3 Å². The maximum Gasteiger partial charge on any atom is 0.161 e. The summed E-state index contributed by atoms with van der Waals surface area (Å²) < 4.78 is 25.2. The van der Waals surface area contributed by atoms with Gasteiger partial charge in [-0.25, -0.2) is 4.39 Å². The highest BCUT2D eigenvalue weighted by Crippen LogP contribution is 2.28. The van der Waals surface area contributed by atoms with Gasteiger partial charge in [0.2, 0.25) is 0 Å². The van der Waals surface area contributed by atoms with Crippen LogP contribution in [-0.4, -0.2) is 45.3 Å². The molecule has 0 atom stereocenters. The van der Waals surface area contributed by atoms with Crippen LogP contribution >= 0.6 is 0 Å². The Morgan fingerprint density at radius 2 is 1.85 bits per heavy atom. The number of nitrogens with zero attached hydrogens (tertiary/aromatic N) is 1. The number of hydrogen-bond acceptors (Lipinski definition) is 4. The summed E-state index contributed by atoms with van der Waals surface area (Å²) in [7, 11) is 4.04. The van der Waals surface area contributed by atoms with Gasteiger partial charge < -0.3 is 19.7 Å². The van der Waals surface area contributed by atoms with Gasteiger partial charge in [0, 0.05) is 13.1 Å². The second-order valence-corrected chi connectivity index (χ2v) is 6.74. The van der Waals surface area contributed by atoms with E-state index in [2.05, 4.69) is 16.3 Å². The molecule has 0 saturated heterocycles. The summed E-state index contributed by atoms with van der Waals surface area (Å²) in [6.07, 6.45) is 1.63. The van der Waals surface area contributed by atoms with Crippen molar-refractivity contribution in [2.75, 3.05) is 40.4 Å². The number of nitrogens with one attached hydrogen (secondary N) is 1. The van der Waals surface area contributed by atoms with Gasteiger partial charge in [-0.05, 0) is 69.7 Å². The van der Waals surface area contributed by atoms with E-state index < -0.39 is 0 Å². The molecular formula is C22H31FN2O2. The molecule has 5 heteroatoms. The summed E-state index contributed by atoms with van der Waals surface area (Å²) in [4.78, 5) is 2.08. The fourth-order valence-corrected chi connectivity index (χ4v) is 2.73. The van der Waals surface area contributed by atoms with Crippen LogP contribution in [-0.2, 0) is 13.0 Å². The van der Waals surface area contributed by atoms with Crippen LogP contribution in [0.15, 0.2) is 42.5 Å². The second kappa shape index (κ2) is 11.6. The van der Waals surface area contributed by atoms with Gasteiger partial charge in [-0.2, -0.15) is 0 Å². The highest BCUT2D eigenvalue weighted by molar-refractivity contribution is 5.43. The Balaban J connectivity index is 1.79. The molecule has 0 bridgehead atoms. The lowest BCUT2D eigenvalue weighted by Gasteiger charge is -2.15. The lowest BCUT2D eigenvalue weighted by atomic mass is 10.1. The van der Waals surface area contributed by atoms with Crippen molar-refractivity contribution in [1.82, 2.24) is 10.2 Å². The summed E-state index contributed by atoms with van der Waals surface area (Å²) in [5.41, 5.74) is 1.92. The summed E-state index contributed by atoms with van der Waals surface area (Å²) in [5, 5.41) is 3.41. The fraction of sp³-hybridized carbons (Fsp3) is 0.455. The van der Waals surface area contributed by atoms with Gasteiger partial charge in [0.15, 0.2) is 11.5 Å². The Labute approximate surface area is 162 Å². The third-order valence-corrected chi connectivity index (χ3v) is 4.19. The van der Waals surface area contributed by atoms with Gasteiger partial charge >= 0.3 is 0 Å². The largest absolute Gasteiger partial charge is 0.490 e. The second-order valence-electron chi connectivity index (χ2n) is 6.74. The highest BCUT2D eigenvalue weighted by atomic mass is 19.1. The Hall–Kier alpha value is -2.11. The van der Waals surface area contributed by atoms with Crippen LogP contribution in [0.2, 0.25) is 0 Å². The quantitative estimate of drug-likeness (QED) is 0.572. The number of likely N-dealkylation sites (N-methyl/N-ethyl adjacent to an activating group) is 1. The number of ether oxygens (including phenoxy) is 2. The van der Waals surface area contributed by atoms with Crippen molar-refractivity contribution in [2.45, 2.75) is 26.3 Å². The molecule has 0 spiro atoms. The van der Waals surface area contributed by atoms with E-state index in [0.717, 1.165) is 55.1 Å². The predicted octanol–water partition coefficient (Wildman–Crippen LogP) is 3.89. The molecule has 2 aromatic rings. The minimum atomic E-state index is -0.122. The number of hydrogen-bond donors (Lipinski definition) is 1. The van der Waals surface area contributed by atoms with Crippen LogP contribution in [0.4, 0.5) is 4.39 Å². The smallest absolute Gasteiger partial charge is 0.161 e. The summed E-state index contributed by atoms with van der Waals surface area (Å²) in [6.45, 7) is 5.63. The van der Waals surface area contributed by atoms with Crippen molar-refractivity contribution in [2.24, 2.45) is 0 Å². The molecule has 0 radical (unpaired) electrons. The molecule has 0 aliphatic rings. The molecule has 2 rings (SSSR count). The monoisotopic (exact) mass is 374 g/mol. The van der Waals surface area contributed by atoms with Gasteiger partial charge in [-0.3, -0.25) is 0 Å². The van der Waals surface area contributed by atoms with Crippen LogP contribution in [0, 0.1) is 5.82 Å². The molecule has 0 unspecified atom stereocenters. The molecule has 0 aliphatic heterocycles. The molecule has 0 aromatic heterocycles. The predicted molar refractivity (Wildman–Crippen MR) is 108 cm³/mol. The number of aryl methyl sites for hydroxylation is 1. The van der Waals surface area contributed by atoms with E-state index >= 15 is 0 Å². The maximum atomic E-state index is 13.6. The van der Waals surface area contributed by atoms with Crippen LogP contribution < -0.4 is 14.8 Å². The third kappa shape index (κ3) is 7.57. The number of benzene rings is 2. The van der Waals surface area contributed by atoms with Crippen molar-refractivity contribution >= 4 is 0 Å². The highest BCUT2D eigenvalue weighted by Gasteiger charge is 2.07. The van der Waals surface area contributed by atoms with E-state index in [1.165, 1.54) is 6.07 Å². The number of rotatable bonds is 12. The molecule has 2 aromatic carbocycles. The maximum absolute atomic E-state index is 13.6. The molecule has 0 fully saturated rings. The molecule has 27 heavy (non-hydrogen) atoms. The van der Waals surface area contributed by atoms with Gasteiger partial charge in [0.1, 0.15) is 12.4 Å². The molecule has 4 nitrogen and oxygen atoms in total. The van der Waals surface area contributed by atoms with E-state index in [0.29, 0.717) is 13.2 Å². The van der Waals surface area contributed by atoms with Crippen molar-refractivity contribution in [3.63, 3.8) is 0 Å². The van der Waals surface area contributed by atoms with Gasteiger partial charge in [0.25, 0.3) is 0 Å². The van der Waals surface area contributed by atoms with Crippen molar-refractivity contribution in [1.29, 1.82) is 0 Å². The average Bonchev–Trinajstić information content (AvgIpc) is 2.64. The summed E-state index contributed by atoms with van der Waals surface area (Å²) >= 11 is 0. The zero-order valence-corrected chi connectivity index (χ0v) is 16.6. The first kappa shape index (κ1) is 21.2. The molecule has 0 aliphatic carbocycles. The fourth-order valence-electron chi connectivity index (χ4n) is 2.73. The number of halogens is 1. The summed E-state index contributed by atoms with van der Waals surface area (Å²) in [5.74, 6) is 1.44.